The molecule has 0 aromatic heterocycles. The van der Waals surface area contributed by atoms with Crippen molar-refractivity contribution in [2.24, 2.45) is 0 Å². The van der Waals surface area contributed by atoms with Gasteiger partial charge in [0.25, 0.3) is 0 Å². The van der Waals surface area contributed by atoms with E-state index in [1.165, 1.54) is 13.0 Å². The summed E-state index contributed by atoms with van der Waals surface area (Å²) in [5.41, 5.74) is -0.435. The van der Waals surface area contributed by atoms with Gasteiger partial charge in [-0.25, -0.2) is 0 Å². The van der Waals surface area contributed by atoms with E-state index < -0.39 is 5.60 Å². The highest BCUT2D eigenvalue weighted by Gasteiger charge is 2.33. The third kappa shape index (κ3) is 3.13. The largest absolute Gasteiger partial charge is 0.388 e. The number of thioether (sulfide) groups is 1. The second kappa shape index (κ2) is 5.25. The number of hydrogen-bond donors (Lipinski definition) is 2. The molecule has 0 spiro atoms. The molecule has 0 radical (unpaired) electrons. The van der Waals surface area contributed by atoms with E-state index >= 15 is 0 Å². The minimum atomic E-state index is -0.435. The Balaban J connectivity index is 1.71. The molecule has 0 bridgehead atoms. The highest BCUT2D eigenvalue weighted by Crippen LogP contribution is 2.27. The fourth-order valence-corrected chi connectivity index (χ4v) is 3.79. The van der Waals surface area contributed by atoms with Crippen molar-refractivity contribution in [3.05, 3.63) is 0 Å². The Kier molecular flexibility index (Phi) is 4.16. The molecule has 2 aliphatic heterocycles. The van der Waals surface area contributed by atoms with Gasteiger partial charge in [-0.15, -0.1) is 0 Å². The molecular weight excluding hydrogens is 220 g/mol. The predicted molar refractivity (Wildman–Crippen MR) is 70.0 cm³/mol. The van der Waals surface area contributed by atoms with E-state index in [1.807, 2.05) is 11.8 Å². The van der Waals surface area contributed by atoms with Crippen LogP contribution in [0.5, 0.6) is 0 Å². The first-order chi connectivity index (χ1) is 7.59. The monoisotopic (exact) mass is 244 g/mol. The number of hydrogen-bond acceptors (Lipinski definition) is 4. The van der Waals surface area contributed by atoms with Gasteiger partial charge < -0.3 is 10.4 Å². The molecule has 2 heterocycles. The van der Waals surface area contributed by atoms with E-state index in [0.717, 1.165) is 31.0 Å². The third-order valence-corrected chi connectivity index (χ3v) is 4.99. The lowest BCUT2D eigenvalue weighted by molar-refractivity contribution is 0.0647. The number of aliphatic hydroxyl groups is 1. The van der Waals surface area contributed by atoms with Crippen LogP contribution in [0.25, 0.3) is 0 Å². The Labute approximate surface area is 103 Å². The molecular formula is C12H24N2OS. The predicted octanol–water partition coefficient (Wildman–Crippen LogP) is 0.927. The van der Waals surface area contributed by atoms with E-state index in [9.17, 15) is 5.11 Å². The van der Waals surface area contributed by atoms with Gasteiger partial charge in [-0.1, -0.05) is 0 Å². The molecule has 0 aromatic carbocycles. The van der Waals surface area contributed by atoms with E-state index in [2.05, 4.69) is 24.1 Å². The third-order valence-electron chi connectivity index (χ3n) is 3.75. The molecule has 4 heteroatoms. The molecule has 2 N–H and O–H groups in total. The van der Waals surface area contributed by atoms with Crippen molar-refractivity contribution in [3.8, 4) is 0 Å². The molecule has 0 aliphatic carbocycles. The summed E-state index contributed by atoms with van der Waals surface area (Å²) >= 11 is 1.87. The minimum Gasteiger partial charge on any atom is -0.388 e. The molecule has 0 aromatic rings. The van der Waals surface area contributed by atoms with Crippen molar-refractivity contribution in [3.63, 3.8) is 0 Å². The number of nitrogens with zero attached hydrogens (tertiary/aromatic N) is 1. The van der Waals surface area contributed by atoms with Crippen LogP contribution in [0.15, 0.2) is 0 Å². The molecule has 16 heavy (non-hydrogen) atoms. The number of likely N-dealkylation sites (tertiary alicyclic amines) is 1. The second-order valence-electron chi connectivity index (χ2n) is 5.48. The molecule has 94 valence electrons. The molecule has 2 saturated heterocycles. The highest BCUT2D eigenvalue weighted by atomic mass is 32.2. The van der Waals surface area contributed by atoms with Crippen molar-refractivity contribution in [2.45, 2.75) is 44.4 Å². The van der Waals surface area contributed by atoms with Crippen LogP contribution in [0.4, 0.5) is 0 Å². The molecule has 2 atom stereocenters. The van der Waals surface area contributed by atoms with Gasteiger partial charge in [0.2, 0.25) is 0 Å². The molecule has 2 fully saturated rings. The highest BCUT2D eigenvalue weighted by molar-refractivity contribution is 7.99. The normalized spacial score (nSPS) is 36.4. The Morgan fingerprint density at radius 3 is 2.94 bits per heavy atom. The first-order valence-electron chi connectivity index (χ1n) is 6.37. The van der Waals surface area contributed by atoms with Crippen molar-refractivity contribution in [2.75, 3.05) is 31.1 Å². The Morgan fingerprint density at radius 1 is 1.56 bits per heavy atom. The van der Waals surface area contributed by atoms with Crippen LogP contribution in [0.2, 0.25) is 0 Å². The van der Waals surface area contributed by atoms with Crippen LogP contribution in [0, 0.1) is 0 Å². The summed E-state index contributed by atoms with van der Waals surface area (Å²) in [7, 11) is 0. The van der Waals surface area contributed by atoms with Gasteiger partial charge in [0.1, 0.15) is 0 Å². The smallest absolute Gasteiger partial charge is 0.0869 e. The van der Waals surface area contributed by atoms with E-state index in [1.54, 1.807) is 0 Å². The summed E-state index contributed by atoms with van der Waals surface area (Å²) < 4.78 is 0. The summed E-state index contributed by atoms with van der Waals surface area (Å²) in [5, 5.41) is 13.8. The molecule has 2 rings (SSSR count). The van der Waals surface area contributed by atoms with Crippen molar-refractivity contribution >= 4 is 11.8 Å². The summed E-state index contributed by atoms with van der Waals surface area (Å²) in [6, 6.07) is 1.23. The standard InChI is InChI=1S/C12H24N2OS/c1-10(2)14-5-3-11(7-14)13-8-12(15)4-6-16-9-12/h10-11,13,15H,3-9H2,1-2H3. The van der Waals surface area contributed by atoms with Gasteiger partial charge in [0, 0.05) is 30.9 Å². The summed E-state index contributed by atoms with van der Waals surface area (Å²) in [5.74, 6) is 2.02. The van der Waals surface area contributed by atoms with Crippen LogP contribution in [-0.2, 0) is 0 Å². The molecule has 2 aliphatic rings. The average molecular weight is 244 g/mol. The average Bonchev–Trinajstić information content (AvgIpc) is 2.84. The van der Waals surface area contributed by atoms with Crippen molar-refractivity contribution < 1.29 is 5.11 Å². The van der Waals surface area contributed by atoms with Crippen molar-refractivity contribution in [1.82, 2.24) is 10.2 Å². The van der Waals surface area contributed by atoms with Gasteiger partial charge in [-0.3, -0.25) is 4.90 Å². The Hall–Kier alpha value is 0.230. The van der Waals surface area contributed by atoms with E-state index in [4.69, 9.17) is 0 Å². The molecule has 0 saturated carbocycles. The Morgan fingerprint density at radius 2 is 2.38 bits per heavy atom. The number of nitrogens with one attached hydrogen (secondary N) is 1. The fourth-order valence-electron chi connectivity index (χ4n) is 2.49. The second-order valence-corrected chi connectivity index (χ2v) is 6.59. The maximum absolute atomic E-state index is 10.2. The quantitative estimate of drug-likeness (QED) is 0.771. The van der Waals surface area contributed by atoms with Gasteiger partial charge in [0.05, 0.1) is 5.60 Å². The summed E-state index contributed by atoms with van der Waals surface area (Å²) in [6.45, 7) is 7.62. The number of rotatable bonds is 4. The lowest BCUT2D eigenvalue weighted by Crippen LogP contribution is -2.45. The molecule has 0 amide bonds. The summed E-state index contributed by atoms with van der Waals surface area (Å²) in [4.78, 5) is 2.51. The summed E-state index contributed by atoms with van der Waals surface area (Å²) in [6.07, 6.45) is 2.17. The van der Waals surface area contributed by atoms with Gasteiger partial charge in [-0.2, -0.15) is 11.8 Å². The van der Waals surface area contributed by atoms with Gasteiger partial charge in [-0.05, 0) is 39.0 Å². The SMILES string of the molecule is CC(C)N1CCC(NCC2(O)CCSC2)C1. The van der Waals surface area contributed by atoms with Crippen LogP contribution in [0.3, 0.4) is 0 Å². The van der Waals surface area contributed by atoms with E-state index in [0.29, 0.717) is 12.1 Å². The van der Waals surface area contributed by atoms with E-state index in [-0.39, 0.29) is 0 Å². The van der Waals surface area contributed by atoms with Crippen LogP contribution >= 0.6 is 11.8 Å². The maximum Gasteiger partial charge on any atom is 0.0869 e. The Bertz CT molecular complexity index is 229. The first-order valence-corrected chi connectivity index (χ1v) is 7.52. The van der Waals surface area contributed by atoms with Gasteiger partial charge >= 0.3 is 0 Å². The minimum absolute atomic E-state index is 0.435. The van der Waals surface area contributed by atoms with Gasteiger partial charge in [0.15, 0.2) is 0 Å². The van der Waals surface area contributed by atoms with Crippen LogP contribution in [-0.4, -0.2) is 58.8 Å². The lowest BCUT2D eigenvalue weighted by atomic mass is 10.0. The van der Waals surface area contributed by atoms with Crippen LogP contribution in [0.1, 0.15) is 26.7 Å². The lowest BCUT2D eigenvalue weighted by Gasteiger charge is -2.25. The fraction of sp³-hybridized carbons (Fsp3) is 1.00. The molecule has 2 unspecified atom stereocenters. The van der Waals surface area contributed by atoms with Crippen LogP contribution < -0.4 is 5.32 Å². The zero-order valence-corrected chi connectivity index (χ0v) is 11.2. The first kappa shape index (κ1) is 12.7. The zero-order chi connectivity index (χ0) is 11.6. The van der Waals surface area contributed by atoms with Crippen molar-refractivity contribution in [1.29, 1.82) is 0 Å². The maximum atomic E-state index is 10.2. The topological polar surface area (TPSA) is 35.5 Å². The zero-order valence-electron chi connectivity index (χ0n) is 10.4. The molecule has 3 nitrogen and oxygen atoms in total.